The highest BCUT2D eigenvalue weighted by Gasteiger charge is 2.10. The number of rotatable bonds is 3. The van der Waals surface area contributed by atoms with Crippen molar-refractivity contribution in [2.75, 3.05) is 5.32 Å². The van der Waals surface area contributed by atoms with Crippen molar-refractivity contribution in [1.29, 1.82) is 0 Å². The van der Waals surface area contributed by atoms with Gasteiger partial charge in [0.1, 0.15) is 11.5 Å². The molecule has 1 aromatic carbocycles. The highest BCUT2D eigenvalue weighted by atomic mass is 19.1. The van der Waals surface area contributed by atoms with Gasteiger partial charge in [0, 0.05) is 29.9 Å². The van der Waals surface area contributed by atoms with Crippen LogP contribution >= 0.6 is 0 Å². The molecule has 2 aromatic heterocycles. The van der Waals surface area contributed by atoms with E-state index in [0.29, 0.717) is 11.3 Å². The topological polar surface area (TPSA) is 46.9 Å². The van der Waals surface area contributed by atoms with Gasteiger partial charge in [0.05, 0.1) is 5.69 Å². The number of carbonyl (C=O) groups excluding carboxylic acids is 1. The molecular formula is C16H14FN3O. The van der Waals surface area contributed by atoms with Crippen molar-refractivity contribution in [3.8, 4) is 0 Å². The maximum Gasteiger partial charge on any atom is 0.255 e. The van der Waals surface area contributed by atoms with E-state index < -0.39 is 0 Å². The highest BCUT2D eigenvalue weighted by Crippen LogP contribution is 2.23. The Labute approximate surface area is 121 Å². The number of nitrogens with zero attached hydrogens (tertiary/aromatic N) is 2. The first-order chi connectivity index (χ1) is 10.2. The fraction of sp³-hybridized carbons (Fsp3) is 0.125. The molecule has 0 radical (unpaired) electrons. The lowest BCUT2D eigenvalue weighted by Crippen LogP contribution is -2.12. The summed E-state index contributed by atoms with van der Waals surface area (Å²) < 4.78 is 14.9. The zero-order chi connectivity index (χ0) is 14.8. The van der Waals surface area contributed by atoms with Crippen LogP contribution in [0.15, 0.2) is 48.8 Å². The number of carbonyl (C=O) groups is 1. The Morgan fingerprint density at radius 2 is 2.00 bits per heavy atom. The lowest BCUT2D eigenvalue weighted by atomic mass is 10.2. The summed E-state index contributed by atoms with van der Waals surface area (Å²) in [5.74, 6) is -0.635. The SMILES string of the molecule is CCn1ccc2c(NC(=O)c3ccc(F)cc3)ccnc21. The Morgan fingerprint density at radius 1 is 1.24 bits per heavy atom. The predicted octanol–water partition coefficient (Wildman–Crippen LogP) is 3.45. The van der Waals surface area contributed by atoms with E-state index >= 15 is 0 Å². The van der Waals surface area contributed by atoms with Crippen molar-refractivity contribution in [2.24, 2.45) is 0 Å². The van der Waals surface area contributed by atoms with Crippen molar-refractivity contribution in [3.05, 3.63) is 60.2 Å². The average molecular weight is 283 g/mol. The quantitative estimate of drug-likeness (QED) is 0.800. The summed E-state index contributed by atoms with van der Waals surface area (Å²) in [6.07, 6.45) is 3.60. The molecule has 106 valence electrons. The molecule has 21 heavy (non-hydrogen) atoms. The van der Waals surface area contributed by atoms with Crippen LogP contribution in [0.1, 0.15) is 17.3 Å². The zero-order valence-corrected chi connectivity index (χ0v) is 11.5. The monoisotopic (exact) mass is 283 g/mol. The minimum atomic E-state index is -0.363. The van der Waals surface area contributed by atoms with Gasteiger partial charge in [0.2, 0.25) is 0 Å². The van der Waals surface area contributed by atoms with Crippen LogP contribution in [0.2, 0.25) is 0 Å². The Kier molecular flexibility index (Phi) is 3.39. The van der Waals surface area contributed by atoms with Crippen LogP contribution in [-0.4, -0.2) is 15.5 Å². The second-order valence-corrected chi connectivity index (χ2v) is 4.66. The highest BCUT2D eigenvalue weighted by molar-refractivity contribution is 6.08. The fourth-order valence-electron chi connectivity index (χ4n) is 2.25. The number of fused-ring (bicyclic) bond motifs is 1. The third kappa shape index (κ3) is 2.50. The number of anilines is 1. The van der Waals surface area contributed by atoms with Crippen molar-refractivity contribution >= 4 is 22.6 Å². The first-order valence-corrected chi connectivity index (χ1v) is 6.70. The molecule has 0 aliphatic heterocycles. The lowest BCUT2D eigenvalue weighted by Gasteiger charge is -2.07. The van der Waals surface area contributed by atoms with Crippen LogP contribution in [0.5, 0.6) is 0 Å². The molecular weight excluding hydrogens is 269 g/mol. The second kappa shape index (κ2) is 5.36. The molecule has 0 aliphatic rings. The summed E-state index contributed by atoms with van der Waals surface area (Å²) in [6, 6.07) is 9.13. The van der Waals surface area contributed by atoms with Crippen LogP contribution in [0, 0.1) is 5.82 Å². The number of aromatic nitrogens is 2. The van der Waals surface area contributed by atoms with E-state index in [1.54, 1.807) is 12.3 Å². The van der Waals surface area contributed by atoms with Crippen molar-refractivity contribution in [3.63, 3.8) is 0 Å². The second-order valence-electron chi connectivity index (χ2n) is 4.66. The largest absolute Gasteiger partial charge is 0.333 e. The molecule has 4 nitrogen and oxygen atoms in total. The summed E-state index contributed by atoms with van der Waals surface area (Å²) in [4.78, 5) is 16.5. The van der Waals surface area contributed by atoms with Gasteiger partial charge in [-0.25, -0.2) is 9.37 Å². The Morgan fingerprint density at radius 3 is 2.71 bits per heavy atom. The molecule has 0 unspecified atom stereocenters. The minimum absolute atomic E-state index is 0.272. The molecule has 3 rings (SSSR count). The zero-order valence-electron chi connectivity index (χ0n) is 11.5. The molecule has 0 aliphatic carbocycles. The Bertz CT molecular complexity index is 793. The van der Waals surface area contributed by atoms with E-state index in [4.69, 9.17) is 0 Å². The third-order valence-corrected chi connectivity index (χ3v) is 3.36. The van der Waals surface area contributed by atoms with Crippen LogP contribution in [-0.2, 0) is 6.54 Å². The van der Waals surface area contributed by atoms with Gasteiger partial charge in [0.15, 0.2) is 0 Å². The number of hydrogen-bond acceptors (Lipinski definition) is 2. The number of hydrogen-bond donors (Lipinski definition) is 1. The summed E-state index contributed by atoms with van der Waals surface area (Å²) in [5.41, 5.74) is 1.94. The van der Waals surface area contributed by atoms with E-state index in [1.807, 2.05) is 23.8 Å². The molecule has 0 saturated heterocycles. The Hall–Kier alpha value is -2.69. The number of halogens is 1. The summed E-state index contributed by atoms with van der Waals surface area (Å²) in [6.45, 7) is 2.84. The first kappa shape index (κ1) is 13.3. The van der Waals surface area contributed by atoms with E-state index in [9.17, 15) is 9.18 Å². The molecule has 0 fully saturated rings. The molecule has 2 heterocycles. The van der Waals surface area contributed by atoms with Crippen molar-refractivity contribution < 1.29 is 9.18 Å². The molecule has 5 heteroatoms. The number of pyridine rings is 1. The van der Waals surface area contributed by atoms with Crippen LogP contribution in [0.3, 0.4) is 0 Å². The van der Waals surface area contributed by atoms with Gasteiger partial charge in [-0.1, -0.05) is 0 Å². The number of benzene rings is 1. The molecule has 1 amide bonds. The molecule has 0 saturated carbocycles. The van der Waals surface area contributed by atoms with E-state index in [0.717, 1.165) is 17.6 Å². The van der Waals surface area contributed by atoms with Gasteiger partial charge in [-0.15, -0.1) is 0 Å². The molecule has 0 spiro atoms. The van der Waals surface area contributed by atoms with Crippen LogP contribution in [0.4, 0.5) is 10.1 Å². The third-order valence-electron chi connectivity index (χ3n) is 3.36. The van der Waals surface area contributed by atoms with Crippen LogP contribution < -0.4 is 5.32 Å². The van der Waals surface area contributed by atoms with Crippen LogP contribution in [0.25, 0.3) is 11.0 Å². The van der Waals surface area contributed by atoms with Gasteiger partial charge < -0.3 is 9.88 Å². The number of nitrogens with one attached hydrogen (secondary N) is 1. The standard InChI is InChI=1S/C16H14FN3O/c1-2-20-10-8-13-14(7-9-18-15(13)20)19-16(21)11-3-5-12(17)6-4-11/h3-10H,2H2,1H3,(H,18,19,21). The molecule has 3 aromatic rings. The molecule has 0 atom stereocenters. The minimum Gasteiger partial charge on any atom is -0.333 e. The maximum absolute atomic E-state index is 12.9. The fourth-order valence-corrected chi connectivity index (χ4v) is 2.25. The number of aryl methyl sites for hydroxylation is 1. The van der Waals surface area contributed by atoms with E-state index in [-0.39, 0.29) is 11.7 Å². The average Bonchev–Trinajstić information content (AvgIpc) is 2.92. The lowest BCUT2D eigenvalue weighted by molar-refractivity contribution is 0.102. The summed E-state index contributed by atoms with van der Waals surface area (Å²) in [5, 5.41) is 3.73. The Balaban J connectivity index is 1.93. The normalized spacial score (nSPS) is 10.8. The van der Waals surface area contributed by atoms with Crippen molar-refractivity contribution in [1.82, 2.24) is 9.55 Å². The van der Waals surface area contributed by atoms with Gasteiger partial charge >= 0.3 is 0 Å². The maximum atomic E-state index is 12.9. The van der Waals surface area contributed by atoms with E-state index in [2.05, 4.69) is 10.3 Å². The smallest absolute Gasteiger partial charge is 0.255 e. The molecule has 1 N–H and O–H groups in total. The van der Waals surface area contributed by atoms with E-state index in [1.165, 1.54) is 24.3 Å². The van der Waals surface area contributed by atoms with Gasteiger partial charge in [-0.2, -0.15) is 0 Å². The molecule has 0 bridgehead atoms. The summed E-state index contributed by atoms with van der Waals surface area (Å²) >= 11 is 0. The van der Waals surface area contributed by atoms with Gasteiger partial charge in [0.25, 0.3) is 5.91 Å². The van der Waals surface area contributed by atoms with Gasteiger partial charge in [-0.05, 0) is 43.3 Å². The van der Waals surface area contributed by atoms with Crippen molar-refractivity contribution in [2.45, 2.75) is 13.5 Å². The van der Waals surface area contributed by atoms with Gasteiger partial charge in [-0.3, -0.25) is 4.79 Å². The summed E-state index contributed by atoms with van der Waals surface area (Å²) in [7, 11) is 0. The predicted molar refractivity (Wildman–Crippen MR) is 79.8 cm³/mol. The first-order valence-electron chi connectivity index (χ1n) is 6.70. The number of amides is 1.